The van der Waals surface area contributed by atoms with Crippen LogP contribution in [0.1, 0.15) is 5.56 Å². The summed E-state index contributed by atoms with van der Waals surface area (Å²) in [5.41, 5.74) is 0.00883. The summed E-state index contributed by atoms with van der Waals surface area (Å²) < 4.78 is 33.4. The Morgan fingerprint density at radius 1 is 1.11 bits per heavy atom. The monoisotopic (exact) mass is 557 g/mol. The van der Waals surface area contributed by atoms with E-state index in [1.54, 1.807) is 6.07 Å². The number of nitrogens with zero attached hydrogens (tertiary/aromatic N) is 2. The number of carbonyl (C=O) groups is 1. The molecule has 0 bridgehead atoms. The van der Waals surface area contributed by atoms with Crippen molar-refractivity contribution in [1.82, 2.24) is 0 Å². The van der Waals surface area contributed by atoms with Crippen molar-refractivity contribution in [1.29, 1.82) is 0 Å². The zero-order valence-electron chi connectivity index (χ0n) is 18.3. The van der Waals surface area contributed by atoms with E-state index in [-0.39, 0.29) is 43.4 Å². The number of aryl methyl sites for hydroxylation is 1. The molecule has 0 saturated heterocycles. The van der Waals surface area contributed by atoms with Crippen LogP contribution >= 0.6 is 34.8 Å². The van der Waals surface area contributed by atoms with Crippen LogP contribution in [-0.4, -0.2) is 32.9 Å². The highest BCUT2D eigenvalue weighted by molar-refractivity contribution is 7.92. The van der Waals surface area contributed by atoms with Gasteiger partial charge in [0.1, 0.15) is 12.3 Å². The van der Waals surface area contributed by atoms with E-state index in [9.17, 15) is 23.3 Å². The molecule has 0 unspecified atom stereocenters. The Bertz CT molecular complexity index is 1420. The number of ether oxygens (including phenoxy) is 1. The third kappa shape index (κ3) is 5.79. The number of sulfonamides is 1. The number of hydrogen-bond donors (Lipinski definition) is 1. The molecule has 13 heteroatoms. The van der Waals surface area contributed by atoms with E-state index in [4.69, 9.17) is 39.5 Å². The van der Waals surface area contributed by atoms with E-state index in [1.807, 2.05) is 0 Å². The summed E-state index contributed by atoms with van der Waals surface area (Å²) in [4.78, 5) is 23.3. The Labute approximate surface area is 216 Å². The molecule has 0 aliphatic rings. The highest BCUT2D eigenvalue weighted by atomic mass is 35.5. The molecule has 3 rings (SSSR count). The molecule has 0 atom stereocenters. The first-order chi connectivity index (χ1) is 16.4. The summed E-state index contributed by atoms with van der Waals surface area (Å²) in [7, 11) is -3.19. The second-order valence-electron chi connectivity index (χ2n) is 7.18. The van der Waals surface area contributed by atoms with E-state index in [0.717, 1.165) is 10.4 Å². The van der Waals surface area contributed by atoms with Gasteiger partial charge in [-0.05, 0) is 43.3 Å². The number of hydrogen-bond acceptors (Lipinski definition) is 6. The Kier molecular flexibility index (Phi) is 8.11. The minimum absolute atomic E-state index is 0.0458. The summed E-state index contributed by atoms with van der Waals surface area (Å²) in [5, 5.41) is 14.4. The molecule has 1 N–H and O–H groups in total. The van der Waals surface area contributed by atoms with Gasteiger partial charge in [0.2, 0.25) is 5.91 Å². The average molecular weight is 559 g/mol. The summed E-state index contributed by atoms with van der Waals surface area (Å²) in [5.74, 6) is -0.658. The van der Waals surface area contributed by atoms with Crippen molar-refractivity contribution in [2.24, 2.45) is 0 Å². The molecular weight excluding hydrogens is 541 g/mol. The number of anilines is 2. The van der Waals surface area contributed by atoms with Gasteiger partial charge in [0.05, 0.1) is 38.3 Å². The first-order valence-corrected chi connectivity index (χ1v) is 12.4. The van der Waals surface area contributed by atoms with Crippen LogP contribution in [0.5, 0.6) is 5.75 Å². The first kappa shape index (κ1) is 26.6. The number of amides is 1. The lowest BCUT2D eigenvalue weighted by Crippen LogP contribution is -2.38. The number of methoxy groups -OCH3 is 1. The van der Waals surface area contributed by atoms with E-state index in [0.29, 0.717) is 0 Å². The maximum Gasteiger partial charge on any atom is 0.273 e. The van der Waals surface area contributed by atoms with Gasteiger partial charge >= 0.3 is 0 Å². The molecule has 0 aliphatic heterocycles. The van der Waals surface area contributed by atoms with E-state index >= 15 is 0 Å². The van der Waals surface area contributed by atoms with Gasteiger partial charge in [-0.25, -0.2) is 8.42 Å². The molecule has 0 heterocycles. The Morgan fingerprint density at radius 3 is 2.49 bits per heavy atom. The number of nitro groups is 1. The fourth-order valence-corrected chi connectivity index (χ4v) is 5.11. The molecule has 0 spiro atoms. The second-order valence-corrected chi connectivity index (χ2v) is 10.3. The largest absolute Gasteiger partial charge is 0.495 e. The molecule has 35 heavy (non-hydrogen) atoms. The van der Waals surface area contributed by atoms with Crippen molar-refractivity contribution >= 4 is 67.8 Å². The fraction of sp³-hybridized carbons (Fsp3) is 0.136. The molecule has 0 radical (unpaired) electrons. The van der Waals surface area contributed by atoms with Crippen molar-refractivity contribution in [2.75, 3.05) is 23.3 Å². The summed E-state index contributed by atoms with van der Waals surface area (Å²) in [6.45, 7) is 0.748. The van der Waals surface area contributed by atoms with Crippen molar-refractivity contribution in [3.05, 3.63) is 85.3 Å². The molecule has 184 valence electrons. The SMILES string of the molecule is COc1ccc(Cl)cc1N(CC(=O)Nc1cccc(Cl)c1Cl)S(=O)(=O)c1ccc(C)c([N+](=O)[O-])c1. The van der Waals surface area contributed by atoms with Crippen LogP contribution in [0, 0.1) is 17.0 Å². The smallest absolute Gasteiger partial charge is 0.273 e. The standard InChI is InChI=1S/C22H18Cl3N3O6S/c1-13-6-8-15(11-18(13)28(30)31)35(32,33)27(19-10-14(23)7-9-20(19)34-2)12-21(29)26-17-5-3-4-16(24)22(17)25/h3-11H,12H2,1-2H3,(H,26,29). The Balaban J connectivity index is 2.11. The van der Waals surface area contributed by atoms with Crippen LogP contribution < -0.4 is 14.4 Å². The van der Waals surface area contributed by atoms with Gasteiger partial charge in [-0.2, -0.15) is 0 Å². The van der Waals surface area contributed by atoms with Gasteiger partial charge in [-0.15, -0.1) is 0 Å². The van der Waals surface area contributed by atoms with Crippen LogP contribution in [0.4, 0.5) is 17.1 Å². The maximum absolute atomic E-state index is 13.7. The van der Waals surface area contributed by atoms with Crippen LogP contribution in [0.15, 0.2) is 59.5 Å². The van der Waals surface area contributed by atoms with Crippen LogP contribution in [0.2, 0.25) is 15.1 Å². The van der Waals surface area contributed by atoms with Crippen molar-refractivity contribution < 1.29 is 22.9 Å². The van der Waals surface area contributed by atoms with Crippen LogP contribution in [0.3, 0.4) is 0 Å². The number of benzene rings is 3. The number of nitro benzene ring substituents is 1. The predicted molar refractivity (Wildman–Crippen MR) is 135 cm³/mol. The molecule has 3 aromatic rings. The maximum atomic E-state index is 13.7. The fourth-order valence-electron chi connectivity index (χ4n) is 3.15. The van der Waals surface area contributed by atoms with Crippen molar-refractivity contribution in [3.63, 3.8) is 0 Å². The molecule has 0 fully saturated rings. The molecule has 0 saturated carbocycles. The van der Waals surface area contributed by atoms with Gasteiger partial charge in [-0.1, -0.05) is 46.9 Å². The normalized spacial score (nSPS) is 11.1. The zero-order chi connectivity index (χ0) is 25.9. The summed E-state index contributed by atoms with van der Waals surface area (Å²) in [6, 6.07) is 12.3. The first-order valence-electron chi connectivity index (χ1n) is 9.81. The molecule has 0 aromatic heterocycles. The summed E-state index contributed by atoms with van der Waals surface area (Å²) in [6.07, 6.45) is 0. The number of nitrogens with one attached hydrogen (secondary N) is 1. The van der Waals surface area contributed by atoms with Crippen molar-refractivity contribution in [3.8, 4) is 5.75 Å². The van der Waals surface area contributed by atoms with Crippen molar-refractivity contribution in [2.45, 2.75) is 11.8 Å². The number of halogens is 3. The number of carbonyl (C=O) groups excluding carboxylic acids is 1. The van der Waals surface area contributed by atoms with Gasteiger partial charge in [0.15, 0.2) is 0 Å². The lowest BCUT2D eigenvalue weighted by molar-refractivity contribution is -0.385. The van der Waals surface area contributed by atoms with Gasteiger partial charge in [0, 0.05) is 16.7 Å². The minimum atomic E-state index is -4.51. The predicted octanol–water partition coefficient (Wildman–Crippen LogP) is 5.71. The number of rotatable bonds is 8. The quantitative estimate of drug-likeness (QED) is 0.280. The highest BCUT2D eigenvalue weighted by Gasteiger charge is 2.31. The second kappa shape index (κ2) is 10.7. The van der Waals surface area contributed by atoms with Crippen LogP contribution in [0.25, 0.3) is 0 Å². The molecule has 0 aliphatic carbocycles. The summed E-state index contributed by atoms with van der Waals surface area (Å²) >= 11 is 18.2. The molecule has 1 amide bonds. The van der Waals surface area contributed by atoms with Gasteiger partial charge in [0.25, 0.3) is 15.7 Å². The van der Waals surface area contributed by atoms with Crippen LogP contribution in [-0.2, 0) is 14.8 Å². The lowest BCUT2D eigenvalue weighted by atomic mass is 10.2. The minimum Gasteiger partial charge on any atom is -0.495 e. The zero-order valence-corrected chi connectivity index (χ0v) is 21.4. The van der Waals surface area contributed by atoms with Gasteiger partial charge < -0.3 is 10.1 Å². The molecular formula is C22H18Cl3N3O6S. The molecule has 3 aromatic carbocycles. The van der Waals surface area contributed by atoms with E-state index in [1.165, 1.54) is 56.5 Å². The Hall–Kier alpha value is -3.05. The third-order valence-electron chi connectivity index (χ3n) is 4.89. The van der Waals surface area contributed by atoms with E-state index < -0.39 is 32.3 Å². The molecule has 9 nitrogen and oxygen atoms in total. The van der Waals surface area contributed by atoms with E-state index in [2.05, 4.69) is 5.32 Å². The topological polar surface area (TPSA) is 119 Å². The average Bonchev–Trinajstić information content (AvgIpc) is 2.80. The van der Waals surface area contributed by atoms with Gasteiger partial charge in [-0.3, -0.25) is 19.2 Å². The highest BCUT2D eigenvalue weighted by Crippen LogP contribution is 2.36. The lowest BCUT2D eigenvalue weighted by Gasteiger charge is -2.26. The Morgan fingerprint density at radius 2 is 1.83 bits per heavy atom. The third-order valence-corrected chi connectivity index (χ3v) is 7.70.